The van der Waals surface area contributed by atoms with E-state index in [1.54, 1.807) is 25.3 Å². The van der Waals surface area contributed by atoms with E-state index in [4.69, 9.17) is 10.5 Å². The number of carbonyl (C=O) groups is 1. The van der Waals surface area contributed by atoms with Crippen LogP contribution in [-0.2, 0) is 6.42 Å². The average molecular weight is 278 g/mol. The zero-order valence-corrected chi connectivity index (χ0v) is 11.5. The van der Waals surface area contributed by atoms with Crippen molar-refractivity contribution in [2.24, 2.45) is 0 Å². The van der Waals surface area contributed by atoms with Crippen LogP contribution < -0.4 is 15.8 Å². The first-order chi connectivity index (χ1) is 9.15. The molecule has 2 rings (SSSR count). The molecule has 1 aromatic heterocycles. The zero-order valence-electron chi connectivity index (χ0n) is 10.6. The highest BCUT2D eigenvalue weighted by Crippen LogP contribution is 2.25. The van der Waals surface area contributed by atoms with E-state index in [-0.39, 0.29) is 5.91 Å². The molecule has 6 nitrogen and oxygen atoms in total. The first-order valence-electron chi connectivity index (χ1n) is 5.71. The first kappa shape index (κ1) is 13.3. The summed E-state index contributed by atoms with van der Waals surface area (Å²) in [6.45, 7) is 1.93. The van der Waals surface area contributed by atoms with Crippen LogP contribution in [0, 0.1) is 0 Å². The van der Waals surface area contributed by atoms with Crippen LogP contribution in [-0.4, -0.2) is 22.6 Å². The third-order valence-corrected chi connectivity index (χ3v) is 3.37. The lowest BCUT2D eigenvalue weighted by Gasteiger charge is -2.09. The molecule has 1 heterocycles. The van der Waals surface area contributed by atoms with Gasteiger partial charge < -0.3 is 15.8 Å². The van der Waals surface area contributed by atoms with Gasteiger partial charge in [0.05, 0.1) is 24.2 Å². The number of rotatable bonds is 4. The summed E-state index contributed by atoms with van der Waals surface area (Å²) in [4.78, 5) is 12.6. The monoisotopic (exact) mass is 278 g/mol. The highest BCUT2D eigenvalue weighted by atomic mass is 32.1. The van der Waals surface area contributed by atoms with Crippen molar-refractivity contribution >= 4 is 28.8 Å². The minimum Gasteiger partial charge on any atom is -0.497 e. The molecule has 0 atom stereocenters. The molecule has 0 aliphatic heterocycles. The Morgan fingerprint density at radius 1 is 1.53 bits per heavy atom. The maximum atomic E-state index is 12.1. The van der Waals surface area contributed by atoms with E-state index in [1.807, 2.05) is 6.92 Å². The topological polar surface area (TPSA) is 90.1 Å². The van der Waals surface area contributed by atoms with Crippen LogP contribution in [0.3, 0.4) is 0 Å². The van der Waals surface area contributed by atoms with Crippen LogP contribution in [0.5, 0.6) is 5.75 Å². The van der Waals surface area contributed by atoms with Gasteiger partial charge in [-0.15, -0.1) is 5.10 Å². The molecule has 2 aromatic rings. The molecule has 1 amide bonds. The number of nitrogens with two attached hydrogens (primary N) is 1. The number of ether oxygens (including phenoxy) is 1. The number of carbonyl (C=O) groups excluding carboxylic acids is 1. The molecule has 0 spiro atoms. The molecule has 0 radical (unpaired) electrons. The summed E-state index contributed by atoms with van der Waals surface area (Å²) in [5.41, 5.74) is 7.53. The number of anilines is 2. The fraction of sp³-hybridized carbons (Fsp3) is 0.250. The van der Waals surface area contributed by atoms with Gasteiger partial charge in [0.25, 0.3) is 5.91 Å². The van der Waals surface area contributed by atoms with Gasteiger partial charge in [-0.05, 0) is 30.1 Å². The van der Waals surface area contributed by atoms with Crippen molar-refractivity contribution < 1.29 is 9.53 Å². The summed E-state index contributed by atoms with van der Waals surface area (Å²) in [5.74, 6) is 0.396. The molecule has 7 heteroatoms. The molecule has 0 aliphatic rings. The molecular formula is C12H14N4O2S. The lowest BCUT2D eigenvalue weighted by molar-refractivity contribution is 0.102. The van der Waals surface area contributed by atoms with E-state index in [2.05, 4.69) is 14.9 Å². The largest absolute Gasteiger partial charge is 0.497 e. The van der Waals surface area contributed by atoms with Gasteiger partial charge in [-0.1, -0.05) is 11.4 Å². The number of aryl methyl sites for hydroxylation is 1. The van der Waals surface area contributed by atoms with Gasteiger partial charge in [0.2, 0.25) is 0 Å². The van der Waals surface area contributed by atoms with Crippen molar-refractivity contribution in [1.29, 1.82) is 0 Å². The first-order valence-corrected chi connectivity index (χ1v) is 6.49. The SMILES string of the molecule is CCc1nnsc1C(=O)Nc1ccc(OC)cc1N. The van der Waals surface area contributed by atoms with Crippen LogP contribution in [0.15, 0.2) is 18.2 Å². The van der Waals surface area contributed by atoms with Gasteiger partial charge in [-0.25, -0.2) is 0 Å². The summed E-state index contributed by atoms with van der Waals surface area (Å²) in [6.07, 6.45) is 0.664. The Balaban J connectivity index is 2.19. The molecule has 3 N–H and O–H groups in total. The smallest absolute Gasteiger partial charge is 0.269 e. The summed E-state index contributed by atoms with van der Waals surface area (Å²) in [5, 5.41) is 6.65. The molecule has 0 fully saturated rings. The molecule has 0 saturated carbocycles. The Hall–Kier alpha value is -2.15. The summed E-state index contributed by atoms with van der Waals surface area (Å²) >= 11 is 1.08. The van der Waals surface area contributed by atoms with E-state index < -0.39 is 0 Å². The minimum absolute atomic E-state index is 0.247. The average Bonchev–Trinajstić information content (AvgIpc) is 2.89. The fourth-order valence-electron chi connectivity index (χ4n) is 1.57. The second-order valence-electron chi connectivity index (χ2n) is 3.81. The maximum Gasteiger partial charge on any atom is 0.269 e. The van der Waals surface area contributed by atoms with Crippen LogP contribution in [0.4, 0.5) is 11.4 Å². The Morgan fingerprint density at radius 2 is 2.32 bits per heavy atom. The standard InChI is InChI=1S/C12H14N4O2S/c1-3-9-11(19-16-15-9)12(17)14-10-5-4-7(18-2)6-8(10)13/h4-6H,3,13H2,1-2H3,(H,14,17). The van der Waals surface area contributed by atoms with Crippen molar-refractivity contribution in [2.75, 3.05) is 18.2 Å². The predicted octanol–water partition coefficient (Wildman–Crippen LogP) is 1.94. The number of nitrogens with zero attached hydrogens (tertiary/aromatic N) is 2. The number of amides is 1. The Bertz CT molecular complexity index is 597. The molecule has 19 heavy (non-hydrogen) atoms. The molecule has 1 aromatic carbocycles. The number of aromatic nitrogens is 2. The fourth-order valence-corrected chi connectivity index (χ4v) is 2.22. The number of nitrogens with one attached hydrogen (secondary N) is 1. The number of hydrogen-bond donors (Lipinski definition) is 2. The van der Waals surface area contributed by atoms with Gasteiger partial charge >= 0.3 is 0 Å². The number of methoxy groups -OCH3 is 1. The number of nitrogen functional groups attached to an aromatic ring is 1. The van der Waals surface area contributed by atoms with Crippen LogP contribution in [0.2, 0.25) is 0 Å². The van der Waals surface area contributed by atoms with Crippen molar-refractivity contribution in [3.63, 3.8) is 0 Å². The van der Waals surface area contributed by atoms with E-state index in [9.17, 15) is 4.79 Å². The molecule has 0 unspecified atom stereocenters. The molecule has 100 valence electrons. The van der Waals surface area contributed by atoms with Crippen molar-refractivity contribution in [2.45, 2.75) is 13.3 Å². The van der Waals surface area contributed by atoms with Gasteiger partial charge in [-0.2, -0.15) is 0 Å². The molecule has 0 saturated heterocycles. The third-order valence-electron chi connectivity index (χ3n) is 2.60. The van der Waals surface area contributed by atoms with Crippen LogP contribution in [0.1, 0.15) is 22.3 Å². The normalized spacial score (nSPS) is 10.2. The second kappa shape index (κ2) is 5.66. The Labute approximate surface area is 114 Å². The van der Waals surface area contributed by atoms with E-state index in [1.165, 1.54) is 0 Å². The Morgan fingerprint density at radius 3 is 2.95 bits per heavy atom. The lowest BCUT2D eigenvalue weighted by Crippen LogP contribution is -2.13. The van der Waals surface area contributed by atoms with Crippen molar-refractivity contribution in [3.05, 3.63) is 28.8 Å². The summed E-state index contributed by atoms with van der Waals surface area (Å²) in [7, 11) is 1.56. The second-order valence-corrected chi connectivity index (χ2v) is 4.56. The van der Waals surface area contributed by atoms with Crippen LogP contribution >= 0.6 is 11.5 Å². The number of benzene rings is 1. The summed E-state index contributed by atoms with van der Waals surface area (Å²) < 4.78 is 8.84. The number of hydrogen-bond acceptors (Lipinski definition) is 6. The van der Waals surface area contributed by atoms with E-state index in [0.717, 1.165) is 11.5 Å². The highest BCUT2D eigenvalue weighted by molar-refractivity contribution is 7.08. The summed E-state index contributed by atoms with van der Waals surface area (Å²) in [6, 6.07) is 5.09. The van der Waals surface area contributed by atoms with Gasteiger partial charge in [0.15, 0.2) is 0 Å². The van der Waals surface area contributed by atoms with Crippen molar-refractivity contribution in [1.82, 2.24) is 9.59 Å². The van der Waals surface area contributed by atoms with E-state index in [0.29, 0.717) is 34.1 Å². The molecule has 0 aliphatic carbocycles. The highest BCUT2D eigenvalue weighted by Gasteiger charge is 2.16. The predicted molar refractivity (Wildman–Crippen MR) is 74.6 cm³/mol. The molecular weight excluding hydrogens is 264 g/mol. The van der Waals surface area contributed by atoms with Crippen LogP contribution in [0.25, 0.3) is 0 Å². The van der Waals surface area contributed by atoms with Gasteiger partial charge in [0.1, 0.15) is 10.6 Å². The zero-order chi connectivity index (χ0) is 13.8. The Kier molecular flexibility index (Phi) is 3.96. The third kappa shape index (κ3) is 2.82. The van der Waals surface area contributed by atoms with E-state index >= 15 is 0 Å². The van der Waals surface area contributed by atoms with Gasteiger partial charge in [0, 0.05) is 6.07 Å². The molecule has 0 bridgehead atoms. The van der Waals surface area contributed by atoms with Gasteiger partial charge in [-0.3, -0.25) is 4.79 Å². The quantitative estimate of drug-likeness (QED) is 0.834. The maximum absolute atomic E-state index is 12.1. The minimum atomic E-state index is -0.247. The lowest BCUT2D eigenvalue weighted by atomic mass is 10.2. The van der Waals surface area contributed by atoms with Crippen molar-refractivity contribution in [3.8, 4) is 5.75 Å².